The molecule has 0 radical (unpaired) electrons. The molecule has 1 fully saturated rings. The maximum absolute atomic E-state index is 11.9. The van der Waals surface area contributed by atoms with Gasteiger partial charge in [-0.05, 0) is 32.6 Å². The molecule has 0 aromatic heterocycles. The Labute approximate surface area is 99.1 Å². The van der Waals surface area contributed by atoms with Crippen molar-refractivity contribution >= 4 is 5.91 Å². The molecule has 0 saturated carbocycles. The van der Waals surface area contributed by atoms with Gasteiger partial charge in [-0.3, -0.25) is 4.79 Å². The highest BCUT2D eigenvalue weighted by molar-refractivity contribution is 5.76. The zero-order valence-corrected chi connectivity index (χ0v) is 10.7. The molecule has 1 aliphatic rings. The molecule has 0 N–H and O–H groups in total. The van der Waals surface area contributed by atoms with Crippen LogP contribution in [0.5, 0.6) is 0 Å². The number of amides is 1. The first-order valence-electron chi connectivity index (χ1n) is 6.67. The van der Waals surface area contributed by atoms with Crippen molar-refractivity contribution in [2.45, 2.75) is 58.5 Å². The number of carbonyl (C=O) groups is 1. The van der Waals surface area contributed by atoms with E-state index >= 15 is 0 Å². The van der Waals surface area contributed by atoms with Crippen LogP contribution in [-0.2, 0) is 9.53 Å². The van der Waals surface area contributed by atoms with Crippen molar-refractivity contribution in [1.29, 1.82) is 0 Å². The maximum atomic E-state index is 11.9. The molecule has 1 atom stereocenters. The molecular formula is C13H25NO2. The van der Waals surface area contributed by atoms with Gasteiger partial charge in [-0.2, -0.15) is 0 Å². The number of rotatable bonds is 7. The van der Waals surface area contributed by atoms with Crippen molar-refractivity contribution in [1.82, 2.24) is 4.90 Å². The van der Waals surface area contributed by atoms with Crippen molar-refractivity contribution in [3.8, 4) is 0 Å². The number of nitrogens with zero attached hydrogens (tertiary/aromatic N) is 1. The zero-order chi connectivity index (χ0) is 11.8. The van der Waals surface area contributed by atoms with Crippen LogP contribution in [0.15, 0.2) is 0 Å². The largest absolute Gasteiger partial charge is 0.378 e. The minimum absolute atomic E-state index is 0.298. The van der Waals surface area contributed by atoms with Crippen LogP contribution in [0.3, 0.4) is 0 Å². The van der Waals surface area contributed by atoms with Gasteiger partial charge in [0.15, 0.2) is 0 Å². The molecule has 1 aliphatic heterocycles. The zero-order valence-electron chi connectivity index (χ0n) is 10.7. The van der Waals surface area contributed by atoms with Gasteiger partial charge >= 0.3 is 0 Å². The molecule has 3 nitrogen and oxygen atoms in total. The van der Waals surface area contributed by atoms with E-state index in [1.807, 2.05) is 4.90 Å². The quantitative estimate of drug-likeness (QED) is 0.669. The highest BCUT2D eigenvalue weighted by Crippen LogP contribution is 2.17. The molecule has 1 heterocycles. The first-order valence-corrected chi connectivity index (χ1v) is 6.67. The topological polar surface area (TPSA) is 29.5 Å². The number of unbranched alkanes of at least 4 members (excludes halogenated alkanes) is 1. The fraction of sp³-hybridized carbons (Fsp3) is 0.923. The van der Waals surface area contributed by atoms with Gasteiger partial charge in [0.25, 0.3) is 0 Å². The van der Waals surface area contributed by atoms with E-state index in [2.05, 4.69) is 13.8 Å². The summed E-state index contributed by atoms with van der Waals surface area (Å²) in [5, 5.41) is 0. The summed E-state index contributed by atoms with van der Waals surface area (Å²) < 4.78 is 5.53. The average molecular weight is 227 g/mol. The summed E-state index contributed by atoms with van der Waals surface area (Å²) in [6.07, 6.45) is 6.45. The molecule has 0 spiro atoms. The lowest BCUT2D eigenvalue weighted by Crippen LogP contribution is -2.32. The second kappa shape index (κ2) is 7.66. The van der Waals surface area contributed by atoms with E-state index in [9.17, 15) is 4.79 Å². The average Bonchev–Trinajstić information content (AvgIpc) is 2.80. The molecule has 0 aliphatic carbocycles. The molecule has 1 saturated heterocycles. The van der Waals surface area contributed by atoms with E-state index < -0.39 is 0 Å². The van der Waals surface area contributed by atoms with Crippen LogP contribution in [0, 0.1) is 0 Å². The summed E-state index contributed by atoms with van der Waals surface area (Å²) in [5.74, 6) is 0.298. The SMILES string of the molecule is CCCCN(CC)C(=O)CCC1CCCO1. The van der Waals surface area contributed by atoms with Crippen LogP contribution in [0.25, 0.3) is 0 Å². The second-order valence-electron chi connectivity index (χ2n) is 4.50. The summed E-state index contributed by atoms with van der Waals surface area (Å²) in [4.78, 5) is 13.9. The Morgan fingerprint density at radius 3 is 2.81 bits per heavy atom. The Bertz CT molecular complexity index is 200. The lowest BCUT2D eigenvalue weighted by Gasteiger charge is -2.21. The van der Waals surface area contributed by atoms with Gasteiger partial charge in [0, 0.05) is 26.1 Å². The van der Waals surface area contributed by atoms with E-state index in [1.54, 1.807) is 0 Å². The summed E-state index contributed by atoms with van der Waals surface area (Å²) in [6.45, 7) is 6.85. The van der Waals surface area contributed by atoms with Crippen LogP contribution in [0.1, 0.15) is 52.4 Å². The van der Waals surface area contributed by atoms with Crippen LogP contribution in [0.4, 0.5) is 0 Å². The van der Waals surface area contributed by atoms with Crippen molar-refractivity contribution in [2.24, 2.45) is 0 Å². The van der Waals surface area contributed by atoms with E-state index in [0.717, 1.165) is 51.8 Å². The van der Waals surface area contributed by atoms with Gasteiger partial charge < -0.3 is 9.64 Å². The number of hydrogen-bond donors (Lipinski definition) is 0. The first-order chi connectivity index (χ1) is 7.77. The Morgan fingerprint density at radius 2 is 2.25 bits per heavy atom. The molecule has 16 heavy (non-hydrogen) atoms. The molecule has 3 heteroatoms. The minimum atomic E-state index is 0.298. The molecule has 0 bridgehead atoms. The minimum Gasteiger partial charge on any atom is -0.378 e. The third-order valence-corrected chi connectivity index (χ3v) is 3.22. The van der Waals surface area contributed by atoms with Crippen LogP contribution in [-0.4, -0.2) is 36.6 Å². The number of carbonyl (C=O) groups excluding carboxylic acids is 1. The van der Waals surface area contributed by atoms with E-state index in [1.165, 1.54) is 0 Å². The number of hydrogen-bond acceptors (Lipinski definition) is 2. The van der Waals surface area contributed by atoms with Crippen LogP contribution < -0.4 is 0 Å². The first kappa shape index (κ1) is 13.5. The summed E-state index contributed by atoms with van der Waals surface area (Å²) in [6, 6.07) is 0. The van der Waals surface area contributed by atoms with E-state index in [-0.39, 0.29) is 0 Å². The maximum Gasteiger partial charge on any atom is 0.222 e. The predicted molar refractivity (Wildman–Crippen MR) is 65.4 cm³/mol. The lowest BCUT2D eigenvalue weighted by molar-refractivity contribution is -0.131. The summed E-state index contributed by atoms with van der Waals surface area (Å²) in [5.41, 5.74) is 0. The highest BCUT2D eigenvalue weighted by Gasteiger charge is 2.18. The molecule has 0 aromatic carbocycles. The van der Waals surface area contributed by atoms with Crippen LogP contribution >= 0.6 is 0 Å². The second-order valence-corrected chi connectivity index (χ2v) is 4.50. The Balaban J connectivity index is 2.19. The Hall–Kier alpha value is -0.570. The van der Waals surface area contributed by atoms with Gasteiger partial charge in [0.05, 0.1) is 6.10 Å². The molecule has 1 unspecified atom stereocenters. The fourth-order valence-corrected chi connectivity index (χ4v) is 2.12. The fourth-order valence-electron chi connectivity index (χ4n) is 2.12. The Kier molecular flexibility index (Phi) is 6.46. The van der Waals surface area contributed by atoms with Crippen LogP contribution in [0.2, 0.25) is 0 Å². The predicted octanol–water partition coefficient (Wildman–Crippen LogP) is 2.59. The van der Waals surface area contributed by atoms with Crippen molar-refractivity contribution < 1.29 is 9.53 Å². The summed E-state index contributed by atoms with van der Waals surface area (Å²) >= 11 is 0. The highest BCUT2D eigenvalue weighted by atomic mass is 16.5. The van der Waals surface area contributed by atoms with Gasteiger partial charge in [-0.25, -0.2) is 0 Å². The van der Waals surface area contributed by atoms with Gasteiger partial charge in [-0.15, -0.1) is 0 Å². The van der Waals surface area contributed by atoms with Crippen molar-refractivity contribution in [3.63, 3.8) is 0 Å². The van der Waals surface area contributed by atoms with Gasteiger partial charge in [0.1, 0.15) is 0 Å². The molecule has 94 valence electrons. The third kappa shape index (κ3) is 4.52. The Morgan fingerprint density at radius 1 is 1.44 bits per heavy atom. The van der Waals surface area contributed by atoms with Crippen molar-refractivity contribution in [2.75, 3.05) is 19.7 Å². The smallest absolute Gasteiger partial charge is 0.222 e. The molecule has 0 aromatic rings. The molecule has 1 rings (SSSR count). The van der Waals surface area contributed by atoms with Gasteiger partial charge in [-0.1, -0.05) is 13.3 Å². The van der Waals surface area contributed by atoms with Gasteiger partial charge in [0.2, 0.25) is 5.91 Å². The third-order valence-electron chi connectivity index (χ3n) is 3.22. The molecular weight excluding hydrogens is 202 g/mol. The normalized spacial score (nSPS) is 20.0. The van der Waals surface area contributed by atoms with E-state index in [4.69, 9.17) is 4.74 Å². The molecule has 1 amide bonds. The number of ether oxygens (including phenoxy) is 1. The van der Waals surface area contributed by atoms with Crippen molar-refractivity contribution in [3.05, 3.63) is 0 Å². The lowest BCUT2D eigenvalue weighted by atomic mass is 10.1. The van der Waals surface area contributed by atoms with E-state index in [0.29, 0.717) is 18.4 Å². The monoisotopic (exact) mass is 227 g/mol. The summed E-state index contributed by atoms with van der Waals surface area (Å²) in [7, 11) is 0. The standard InChI is InChI=1S/C13H25NO2/c1-3-5-10-14(4-2)13(15)9-8-12-7-6-11-16-12/h12H,3-11H2,1-2H3.